The van der Waals surface area contributed by atoms with E-state index in [1.54, 1.807) is 0 Å². The van der Waals surface area contributed by atoms with Crippen LogP contribution in [0.2, 0.25) is 0 Å². The van der Waals surface area contributed by atoms with E-state index in [2.05, 4.69) is 86.2 Å². The molecule has 0 saturated carbocycles. The number of benzene rings is 4. The van der Waals surface area contributed by atoms with Crippen LogP contribution in [0.3, 0.4) is 0 Å². The lowest BCUT2D eigenvalue weighted by Gasteiger charge is -2.40. The Morgan fingerprint density at radius 1 is 0.500 bits per heavy atom. The molecule has 0 aliphatic rings. The van der Waals surface area contributed by atoms with Gasteiger partial charge in [0.2, 0.25) is 0 Å². The summed E-state index contributed by atoms with van der Waals surface area (Å²) in [4.78, 5) is 0. The van der Waals surface area contributed by atoms with Crippen molar-refractivity contribution in [3.63, 3.8) is 0 Å². The summed E-state index contributed by atoms with van der Waals surface area (Å²) in [5.41, 5.74) is 2.37. The maximum absolute atomic E-state index is 6.57. The molecule has 4 nitrogen and oxygen atoms in total. The highest BCUT2D eigenvalue weighted by Gasteiger charge is 2.37. The Hall–Kier alpha value is -4.12. The van der Waals surface area contributed by atoms with Crippen LogP contribution in [0.4, 0.5) is 0 Å². The van der Waals surface area contributed by atoms with Crippen molar-refractivity contribution >= 4 is 0 Å². The second-order valence-electron chi connectivity index (χ2n) is 9.91. The van der Waals surface area contributed by atoms with Gasteiger partial charge >= 0.3 is 0 Å². The predicted molar refractivity (Wildman–Crippen MR) is 166 cm³/mol. The molecule has 4 aromatic carbocycles. The standard InChI is InChI=1S/C36H40N2O2/c1-5-33(39-31-23-15-9-16-24-31)35(37-27(3)29-19-11-7-12-20-29)36(38-28(4)30-21-13-8-14-22-30)34(6-2)40-32-25-17-10-18-26-32/h5-28,33-38H,1-2H2,3-4H3/t27-,28-,33+,34+,35+,36+/m0/s1. The van der Waals surface area contributed by atoms with E-state index in [0.29, 0.717) is 0 Å². The van der Waals surface area contributed by atoms with Gasteiger partial charge < -0.3 is 20.1 Å². The zero-order valence-electron chi connectivity index (χ0n) is 23.4. The van der Waals surface area contributed by atoms with Crippen molar-refractivity contribution in [3.8, 4) is 11.5 Å². The van der Waals surface area contributed by atoms with Crippen LogP contribution in [0.5, 0.6) is 11.5 Å². The first kappa shape index (κ1) is 28.9. The van der Waals surface area contributed by atoms with Gasteiger partial charge in [-0.15, -0.1) is 0 Å². The van der Waals surface area contributed by atoms with Crippen LogP contribution in [-0.4, -0.2) is 24.3 Å². The molecule has 6 atom stereocenters. The van der Waals surface area contributed by atoms with Gasteiger partial charge in [0.25, 0.3) is 0 Å². The Labute approximate surface area is 239 Å². The van der Waals surface area contributed by atoms with E-state index in [0.717, 1.165) is 11.5 Å². The smallest absolute Gasteiger partial charge is 0.133 e. The molecule has 0 aromatic heterocycles. The highest BCUT2D eigenvalue weighted by Crippen LogP contribution is 2.25. The Balaban J connectivity index is 1.74. The molecule has 0 unspecified atom stereocenters. The first-order chi connectivity index (χ1) is 19.6. The maximum Gasteiger partial charge on any atom is 0.133 e. The lowest BCUT2D eigenvalue weighted by Crippen LogP contribution is -2.61. The van der Waals surface area contributed by atoms with Crippen LogP contribution in [-0.2, 0) is 0 Å². The third-order valence-corrected chi connectivity index (χ3v) is 7.07. The second kappa shape index (κ2) is 14.9. The lowest BCUT2D eigenvalue weighted by atomic mass is 9.93. The monoisotopic (exact) mass is 532 g/mol. The molecule has 0 aliphatic heterocycles. The normalized spacial score (nSPS) is 15.6. The molecule has 0 aliphatic carbocycles. The highest BCUT2D eigenvalue weighted by molar-refractivity contribution is 5.26. The summed E-state index contributed by atoms with van der Waals surface area (Å²) < 4.78 is 13.1. The predicted octanol–water partition coefficient (Wildman–Crippen LogP) is 7.69. The summed E-state index contributed by atoms with van der Waals surface area (Å²) in [5.74, 6) is 1.56. The zero-order valence-corrected chi connectivity index (χ0v) is 23.4. The van der Waals surface area contributed by atoms with E-state index in [-0.39, 0.29) is 36.4 Å². The van der Waals surface area contributed by atoms with E-state index >= 15 is 0 Å². The van der Waals surface area contributed by atoms with E-state index in [1.165, 1.54) is 11.1 Å². The third kappa shape index (κ3) is 7.95. The van der Waals surface area contributed by atoms with E-state index in [9.17, 15) is 0 Å². The van der Waals surface area contributed by atoms with Gasteiger partial charge in [-0.1, -0.05) is 110 Å². The minimum Gasteiger partial charge on any atom is -0.485 e. The summed E-state index contributed by atoms with van der Waals surface area (Å²) in [5, 5.41) is 7.75. The molecular formula is C36H40N2O2. The Morgan fingerprint density at radius 3 is 1.10 bits per heavy atom. The molecule has 206 valence electrons. The van der Waals surface area contributed by atoms with Crippen molar-refractivity contribution in [2.75, 3.05) is 0 Å². The Bertz CT molecular complexity index is 1180. The largest absolute Gasteiger partial charge is 0.485 e. The number of hydrogen-bond acceptors (Lipinski definition) is 4. The molecule has 0 fully saturated rings. The Morgan fingerprint density at radius 2 is 0.800 bits per heavy atom. The van der Waals surface area contributed by atoms with Gasteiger partial charge in [-0.25, -0.2) is 0 Å². The first-order valence-electron chi connectivity index (χ1n) is 13.9. The summed E-state index contributed by atoms with van der Waals surface area (Å²) in [6, 6.07) is 40.2. The van der Waals surface area contributed by atoms with Gasteiger partial charge in [0.15, 0.2) is 0 Å². The van der Waals surface area contributed by atoms with Gasteiger partial charge in [0.1, 0.15) is 23.7 Å². The van der Waals surface area contributed by atoms with Gasteiger partial charge in [-0.05, 0) is 61.4 Å². The lowest BCUT2D eigenvalue weighted by molar-refractivity contribution is 0.102. The second-order valence-corrected chi connectivity index (χ2v) is 9.91. The van der Waals surface area contributed by atoms with Crippen molar-refractivity contribution in [2.45, 2.75) is 50.2 Å². The van der Waals surface area contributed by atoms with E-state index in [4.69, 9.17) is 9.47 Å². The number of nitrogens with one attached hydrogen (secondary N) is 2. The molecule has 4 rings (SSSR count). The van der Waals surface area contributed by atoms with Crippen molar-refractivity contribution in [1.29, 1.82) is 0 Å². The molecule has 4 aromatic rings. The van der Waals surface area contributed by atoms with E-state index in [1.807, 2.05) is 84.9 Å². The molecule has 4 heteroatoms. The SMILES string of the molecule is C=C[C@@H](Oc1ccccc1)[C@@H](N[C@@H](C)c1ccccc1)[C@H](N[C@@H](C)c1ccccc1)[C@@H](C=C)Oc1ccccc1. The first-order valence-corrected chi connectivity index (χ1v) is 13.9. The van der Waals surface area contributed by atoms with Crippen molar-refractivity contribution < 1.29 is 9.47 Å². The number of para-hydroxylation sites is 2. The van der Waals surface area contributed by atoms with Crippen LogP contribution < -0.4 is 20.1 Å². The average molecular weight is 533 g/mol. The topological polar surface area (TPSA) is 42.5 Å². The van der Waals surface area contributed by atoms with Crippen LogP contribution in [0.15, 0.2) is 147 Å². The van der Waals surface area contributed by atoms with Gasteiger partial charge in [-0.3, -0.25) is 0 Å². The molecule has 0 saturated heterocycles. The van der Waals surface area contributed by atoms with Crippen LogP contribution in [0.25, 0.3) is 0 Å². The third-order valence-electron chi connectivity index (χ3n) is 7.07. The zero-order chi connectivity index (χ0) is 28.2. The van der Waals surface area contributed by atoms with Crippen LogP contribution in [0.1, 0.15) is 37.1 Å². The fraction of sp³-hybridized carbons (Fsp3) is 0.222. The number of rotatable bonds is 15. The van der Waals surface area contributed by atoms with E-state index < -0.39 is 0 Å². The minimum absolute atomic E-state index is 0.0338. The summed E-state index contributed by atoms with van der Waals surface area (Å²) in [6.07, 6.45) is 2.98. The molecule has 0 amide bonds. The quantitative estimate of drug-likeness (QED) is 0.154. The molecule has 0 spiro atoms. The van der Waals surface area contributed by atoms with Crippen LogP contribution in [0, 0.1) is 0 Å². The average Bonchev–Trinajstić information content (AvgIpc) is 3.02. The maximum atomic E-state index is 6.57. The summed E-state index contributed by atoms with van der Waals surface area (Å²) in [6.45, 7) is 12.7. The molecule has 2 N–H and O–H groups in total. The fourth-order valence-electron chi connectivity index (χ4n) is 4.91. The molecular weight excluding hydrogens is 492 g/mol. The van der Waals surface area contributed by atoms with Gasteiger partial charge in [0.05, 0.1) is 12.1 Å². The van der Waals surface area contributed by atoms with Crippen molar-refractivity contribution in [2.24, 2.45) is 0 Å². The van der Waals surface area contributed by atoms with Gasteiger partial charge in [-0.2, -0.15) is 0 Å². The summed E-state index contributed by atoms with van der Waals surface area (Å²) in [7, 11) is 0. The highest BCUT2D eigenvalue weighted by atomic mass is 16.5. The Kier molecular flexibility index (Phi) is 10.7. The summed E-state index contributed by atoms with van der Waals surface area (Å²) >= 11 is 0. The number of hydrogen-bond donors (Lipinski definition) is 2. The molecule has 0 bridgehead atoms. The molecule has 40 heavy (non-hydrogen) atoms. The minimum atomic E-state index is -0.379. The van der Waals surface area contributed by atoms with Gasteiger partial charge in [0, 0.05) is 12.1 Å². The van der Waals surface area contributed by atoms with Crippen molar-refractivity contribution in [3.05, 3.63) is 158 Å². The molecule has 0 heterocycles. The van der Waals surface area contributed by atoms with Crippen LogP contribution >= 0.6 is 0 Å². The molecule has 0 radical (unpaired) electrons. The van der Waals surface area contributed by atoms with Crippen molar-refractivity contribution in [1.82, 2.24) is 10.6 Å². The fourth-order valence-corrected chi connectivity index (χ4v) is 4.91. The number of ether oxygens (including phenoxy) is 2.